The molecule has 5 nitrogen and oxygen atoms in total. The number of nitrogens with two attached hydrogens (primary N) is 1. The van der Waals surface area contributed by atoms with Gasteiger partial charge in [-0.05, 0) is 37.7 Å². The standard InChI is InChI=1S/C14H19N3O2/c15-11-3-6-13(18)16(8-11)9-14(19)17(12-4-5-12)7-10-1-2-10/h3,6,8,10,12H,1-2,4-5,7,9,15H2. The molecule has 102 valence electrons. The van der Waals surface area contributed by atoms with Crippen LogP contribution in [0.3, 0.4) is 0 Å². The van der Waals surface area contributed by atoms with Crippen LogP contribution in [0.5, 0.6) is 0 Å². The number of hydrogen-bond acceptors (Lipinski definition) is 3. The van der Waals surface area contributed by atoms with Gasteiger partial charge in [-0.2, -0.15) is 0 Å². The number of nitrogen functional groups attached to an aromatic ring is 1. The van der Waals surface area contributed by atoms with Crippen molar-refractivity contribution in [1.82, 2.24) is 9.47 Å². The van der Waals surface area contributed by atoms with Gasteiger partial charge in [0.2, 0.25) is 5.91 Å². The molecule has 0 bridgehead atoms. The molecule has 0 spiro atoms. The maximum atomic E-state index is 12.3. The van der Waals surface area contributed by atoms with E-state index in [0.29, 0.717) is 17.6 Å². The van der Waals surface area contributed by atoms with Gasteiger partial charge in [-0.15, -0.1) is 0 Å². The van der Waals surface area contributed by atoms with Crippen LogP contribution in [0.1, 0.15) is 25.7 Å². The molecule has 2 aliphatic carbocycles. The topological polar surface area (TPSA) is 68.3 Å². The van der Waals surface area contributed by atoms with Crippen molar-refractivity contribution < 1.29 is 4.79 Å². The van der Waals surface area contributed by atoms with Crippen LogP contribution in [-0.4, -0.2) is 28.0 Å². The highest BCUT2D eigenvalue weighted by atomic mass is 16.2. The number of carbonyl (C=O) groups is 1. The summed E-state index contributed by atoms with van der Waals surface area (Å²) in [7, 11) is 0. The zero-order valence-electron chi connectivity index (χ0n) is 10.9. The fourth-order valence-corrected chi connectivity index (χ4v) is 2.33. The summed E-state index contributed by atoms with van der Waals surface area (Å²) < 4.78 is 1.40. The highest BCUT2D eigenvalue weighted by Gasteiger charge is 2.36. The third-order valence-electron chi connectivity index (χ3n) is 3.77. The third kappa shape index (κ3) is 2.97. The minimum atomic E-state index is -0.176. The first-order chi connectivity index (χ1) is 9.13. The van der Waals surface area contributed by atoms with Crippen molar-refractivity contribution in [3.63, 3.8) is 0 Å². The van der Waals surface area contributed by atoms with Crippen LogP contribution in [0.2, 0.25) is 0 Å². The number of amides is 1. The van der Waals surface area contributed by atoms with E-state index in [4.69, 9.17) is 5.73 Å². The quantitative estimate of drug-likeness (QED) is 0.853. The van der Waals surface area contributed by atoms with Gasteiger partial charge < -0.3 is 15.2 Å². The SMILES string of the molecule is Nc1ccc(=O)n(CC(=O)N(CC2CC2)C2CC2)c1. The molecule has 2 fully saturated rings. The maximum absolute atomic E-state index is 12.3. The average Bonchev–Trinajstić information content (AvgIpc) is 3.24. The Morgan fingerprint density at radius 1 is 1.32 bits per heavy atom. The number of carbonyl (C=O) groups excluding carboxylic acids is 1. The summed E-state index contributed by atoms with van der Waals surface area (Å²) in [6, 6.07) is 3.38. The Kier molecular flexibility index (Phi) is 3.05. The van der Waals surface area contributed by atoms with Crippen LogP contribution >= 0.6 is 0 Å². The third-order valence-corrected chi connectivity index (χ3v) is 3.77. The first kappa shape index (κ1) is 12.3. The summed E-state index contributed by atoms with van der Waals surface area (Å²) in [5, 5.41) is 0. The molecular formula is C14H19N3O2. The number of aromatic nitrogens is 1. The molecule has 19 heavy (non-hydrogen) atoms. The minimum Gasteiger partial charge on any atom is -0.398 e. The van der Waals surface area contributed by atoms with E-state index >= 15 is 0 Å². The fraction of sp³-hybridized carbons (Fsp3) is 0.571. The first-order valence-corrected chi connectivity index (χ1v) is 6.89. The normalized spacial score (nSPS) is 18.3. The highest BCUT2D eigenvalue weighted by molar-refractivity contribution is 5.76. The second-order valence-corrected chi connectivity index (χ2v) is 5.65. The van der Waals surface area contributed by atoms with Gasteiger partial charge in [-0.25, -0.2) is 0 Å². The van der Waals surface area contributed by atoms with Gasteiger partial charge in [-0.3, -0.25) is 9.59 Å². The highest BCUT2D eigenvalue weighted by Crippen LogP contribution is 2.34. The molecule has 5 heteroatoms. The fourth-order valence-electron chi connectivity index (χ4n) is 2.33. The van der Waals surface area contributed by atoms with Crippen molar-refractivity contribution in [2.24, 2.45) is 5.92 Å². The van der Waals surface area contributed by atoms with E-state index in [1.807, 2.05) is 4.90 Å². The lowest BCUT2D eigenvalue weighted by atomic mass is 10.3. The van der Waals surface area contributed by atoms with E-state index in [1.165, 1.54) is 23.5 Å². The van der Waals surface area contributed by atoms with Crippen molar-refractivity contribution in [3.05, 3.63) is 28.7 Å². The van der Waals surface area contributed by atoms with Gasteiger partial charge >= 0.3 is 0 Å². The second kappa shape index (κ2) is 4.72. The van der Waals surface area contributed by atoms with Gasteiger partial charge in [0.15, 0.2) is 0 Å². The monoisotopic (exact) mass is 261 g/mol. The van der Waals surface area contributed by atoms with Crippen LogP contribution in [0, 0.1) is 5.92 Å². The van der Waals surface area contributed by atoms with E-state index in [2.05, 4.69) is 0 Å². The van der Waals surface area contributed by atoms with Crippen LogP contribution in [0.4, 0.5) is 5.69 Å². The van der Waals surface area contributed by atoms with Crippen molar-refractivity contribution in [1.29, 1.82) is 0 Å². The van der Waals surface area contributed by atoms with E-state index in [9.17, 15) is 9.59 Å². The van der Waals surface area contributed by atoms with Crippen molar-refractivity contribution in [3.8, 4) is 0 Å². The molecule has 0 atom stereocenters. The van der Waals surface area contributed by atoms with E-state index in [-0.39, 0.29) is 18.0 Å². The molecule has 1 aromatic rings. The van der Waals surface area contributed by atoms with Gasteiger partial charge in [0, 0.05) is 30.5 Å². The van der Waals surface area contributed by atoms with E-state index in [0.717, 1.165) is 19.4 Å². The molecular weight excluding hydrogens is 242 g/mol. The Morgan fingerprint density at radius 3 is 2.68 bits per heavy atom. The molecule has 0 unspecified atom stereocenters. The van der Waals surface area contributed by atoms with Crippen molar-refractivity contribution in [2.45, 2.75) is 38.3 Å². The molecule has 0 saturated heterocycles. The number of rotatable bonds is 5. The van der Waals surface area contributed by atoms with Crippen molar-refractivity contribution in [2.75, 3.05) is 12.3 Å². The van der Waals surface area contributed by atoms with Crippen LogP contribution < -0.4 is 11.3 Å². The molecule has 1 aromatic heterocycles. The van der Waals surface area contributed by atoms with Gasteiger partial charge in [0.25, 0.3) is 5.56 Å². The summed E-state index contributed by atoms with van der Waals surface area (Å²) >= 11 is 0. The van der Waals surface area contributed by atoms with Gasteiger partial charge in [0.1, 0.15) is 6.54 Å². The second-order valence-electron chi connectivity index (χ2n) is 5.65. The zero-order chi connectivity index (χ0) is 13.4. The molecule has 2 N–H and O–H groups in total. The van der Waals surface area contributed by atoms with E-state index in [1.54, 1.807) is 12.3 Å². The van der Waals surface area contributed by atoms with Gasteiger partial charge in [0.05, 0.1) is 0 Å². The number of nitrogens with zero attached hydrogens (tertiary/aromatic N) is 2. The average molecular weight is 261 g/mol. The molecule has 2 saturated carbocycles. The Bertz CT molecular complexity index is 544. The lowest BCUT2D eigenvalue weighted by molar-refractivity contribution is -0.132. The Labute approximate surface area is 112 Å². The van der Waals surface area contributed by atoms with Crippen LogP contribution in [0.25, 0.3) is 0 Å². The summed E-state index contributed by atoms with van der Waals surface area (Å²) in [5.74, 6) is 0.726. The molecule has 0 aliphatic heterocycles. The predicted octanol–water partition coefficient (Wildman–Crippen LogP) is 0.831. The molecule has 0 aromatic carbocycles. The lowest BCUT2D eigenvalue weighted by Gasteiger charge is -2.22. The lowest BCUT2D eigenvalue weighted by Crippen LogP contribution is -2.39. The first-order valence-electron chi connectivity index (χ1n) is 6.89. The Morgan fingerprint density at radius 2 is 2.05 bits per heavy atom. The number of hydrogen-bond donors (Lipinski definition) is 1. The molecule has 1 amide bonds. The predicted molar refractivity (Wildman–Crippen MR) is 72.6 cm³/mol. The summed E-state index contributed by atoms with van der Waals surface area (Å²) in [4.78, 5) is 26.0. The molecule has 0 radical (unpaired) electrons. The minimum absolute atomic E-state index is 0.0436. The summed E-state index contributed by atoms with van der Waals surface area (Å²) in [6.45, 7) is 0.966. The van der Waals surface area contributed by atoms with Gasteiger partial charge in [-0.1, -0.05) is 0 Å². The number of anilines is 1. The Hall–Kier alpha value is -1.78. The molecule has 2 aliphatic rings. The summed E-state index contributed by atoms with van der Waals surface area (Å²) in [6.07, 6.45) is 6.21. The molecule has 1 heterocycles. The Balaban J connectivity index is 1.71. The largest absolute Gasteiger partial charge is 0.398 e. The van der Waals surface area contributed by atoms with Crippen molar-refractivity contribution >= 4 is 11.6 Å². The maximum Gasteiger partial charge on any atom is 0.251 e. The van der Waals surface area contributed by atoms with E-state index < -0.39 is 0 Å². The number of pyridine rings is 1. The molecule has 3 rings (SSSR count). The smallest absolute Gasteiger partial charge is 0.251 e. The van der Waals surface area contributed by atoms with Crippen LogP contribution in [-0.2, 0) is 11.3 Å². The summed E-state index contributed by atoms with van der Waals surface area (Å²) in [5.41, 5.74) is 5.99. The zero-order valence-corrected chi connectivity index (χ0v) is 10.9. The van der Waals surface area contributed by atoms with Crippen LogP contribution in [0.15, 0.2) is 23.1 Å².